The first-order valence-electron chi connectivity index (χ1n) is 23.2. The van der Waals surface area contributed by atoms with E-state index >= 15 is 0 Å². The zero-order chi connectivity index (χ0) is 45.0. The third-order valence-corrected chi connectivity index (χ3v) is 13.8. The molecule has 0 fully saturated rings. The van der Waals surface area contributed by atoms with Gasteiger partial charge in [-0.2, -0.15) is 0 Å². The van der Waals surface area contributed by atoms with Crippen LogP contribution in [0.5, 0.6) is 0 Å². The minimum Gasteiger partial charge on any atom is -0.456 e. The summed E-state index contributed by atoms with van der Waals surface area (Å²) in [5.74, 6) is 0.670. The Morgan fingerprint density at radius 3 is 1.53 bits per heavy atom. The number of furan rings is 1. The van der Waals surface area contributed by atoms with Gasteiger partial charge in [0.25, 0.3) is 0 Å². The van der Waals surface area contributed by atoms with Crippen LogP contribution in [0, 0.1) is 0 Å². The molecule has 3 heteroatoms. The lowest BCUT2D eigenvalue weighted by Gasteiger charge is -2.34. The van der Waals surface area contributed by atoms with Crippen LogP contribution in [0.25, 0.3) is 100 Å². The Hall–Kier alpha value is -8.92. The number of aromatic nitrogens is 2. The minimum atomic E-state index is -0.605. The number of rotatable bonds is 8. The average Bonchev–Trinajstić information content (AvgIpc) is 3.95. The summed E-state index contributed by atoms with van der Waals surface area (Å²) in [6.45, 7) is 0. The van der Waals surface area contributed by atoms with E-state index < -0.39 is 5.41 Å². The van der Waals surface area contributed by atoms with E-state index in [1.807, 2.05) is 18.2 Å². The van der Waals surface area contributed by atoms with Crippen molar-refractivity contribution < 1.29 is 4.42 Å². The van der Waals surface area contributed by atoms with Crippen LogP contribution in [0.4, 0.5) is 0 Å². The van der Waals surface area contributed by atoms with Gasteiger partial charge in [0.15, 0.2) is 5.82 Å². The molecule has 2 aromatic heterocycles. The van der Waals surface area contributed by atoms with Crippen LogP contribution < -0.4 is 0 Å². The number of para-hydroxylation sites is 1. The molecule has 0 amide bonds. The molecule has 0 spiro atoms. The van der Waals surface area contributed by atoms with Crippen molar-refractivity contribution in [2.24, 2.45) is 0 Å². The zero-order valence-corrected chi connectivity index (χ0v) is 37.1. The molecule has 0 saturated carbocycles. The van der Waals surface area contributed by atoms with Crippen LogP contribution in [0.15, 0.2) is 259 Å². The van der Waals surface area contributed by atoms with Gasteiger partial charge in [-0.05, 0) is 115 Å². The standard InChI is InChI=1S/C65H42N2O/c1-6-19-43(20-7-1)48-37-49(46-34-36-62-56(40-46)54-29-16-17-32-61(54)68-62)39-50(38-48)60-42-59(66-64(67-60)45-23-10-3-11-24-45)47-33-35-55-58(41-47)65(51-25-12-4-13-26-51,52-27-14-5-15-28-52)57-31-18-30-53(63(55)57)44-21-8-2-9-22-44/h1-42H. The van der Waals surface area contributed by atoms with Gasteiger partial charge < -0.3 is 4.42 Å². The molecule has 1 aliphatic rings. The van der Waals surface area contributed by atoms with Crippen molar-refractivity contribution in [2.75, 3.05) is 0 Å². The first-order valence-corrected chi connectivity index (χ1v) is 23.2. The molecule has 10 aromatic carbocycles. The van der Waals surface area contributed by atoms with Crippen molar-refractivity contribution in [3.8, 4) is 78.4 Å². The van der Waals surface area contributed by atoms with Crippen molar-refractivity contribution in [3.63, 3.8) is 0 Å². The van der Waals surface area contributed by atoms with Crippen LogP contribution in [0.3, 0.4) is 0 Å². The third-order valence-electron chi connectivity index (χ3n) is 13.8. The molecule has 13 rings (SSSR count). The van der Waals surface area contributed by atoms with Crippen LogP contribution in [-0.4, -0.2) is 9.97 Å². The van der Waals surface area contributed by atoms with E-state index in [0.29, 0.717) is 5.82 Å². The number of hydrogen-bond donors (Lipinski definition) is 0. The van der Waals surface area contributed by atoms with Gasteiger partial charge >= 0.3 is 0 Å². The van der Waals surface area contributed by atoms with E-state index in [0.717, 1.165) is 72.3 Å². The lowest BCUT2D eigenvalue weighted by Crippen LogP contribution is -2.28. The largest absolute Gasteiger partial charge is 0.456 e. The molecule has 0 aliphatic heterocycles. The Balaban J connectivity index is 1.05. The van der Waals surface area contributed by atoms with E-state index in [-0.39, 0.29) is 0 Å². The van der Waals surface area contributed by atoms with Crippen molar-refractivity contribution in [1.82, 2.24) is 9.97 Å². The zero-order valence-electron chi connectivity index (χ0n) is 37.1. The van der Waals surface area contributed by atoms with Crippen molar-refractivity contribution in [2.45, 2.75) is 5.41 Å². The van der Waals surface area contributed by atoms with Crippen LogP contribution in [0.1, 0.15) is 22.3 Å². The van der Waals surface area contributed by atoms with E-state index in [2.05, 4.69) is 237 Å². The van der Waals surface area contributed by atoms with E-state index in [1.165, 1.54) is 44.5 Å². The SMILES string of the molecule is c1ccc(-c2cc(-c3ccc4oc5ccccc5c4c3)cc(-c3cc(-c4ccc5c(c4)C(c4ccccc4)(c4ccccc4)c4cccc(-c6ccccc6)c4-5)nc(-c4ccccc4)n3)c2)cc1. The number of fused-ring (bicyclic) bond motifs is 6. The minimum absolute atomic E-state index is 0.605. The van der Waals surface area contributed by atoms with Gasteiger partial charge in [0, 0.05) is 27.5 Å². The third kappa shape index (κ3) is 6.51. The normalized spacial score (nSPS) is 12.5. The van der Waals surface area contributed by atoms with Crippen molar-refractivity contribution >= 4 is 21.9 Å². The Labute approximate surface area is 395 Å². The summed E-state index contributed by atoms with van der Waals surface area (Å²) >= 11 is 0. The number of nitrogens with zero attached hydrogens (tertiary/aromatic N) is 2. The molecule has 68 heavy (non-hydrogen) atoms. The number of benzene rings is 10. The molecule has 12 aromatic rings. The fourth-order valence-corrected chi connectivity index (χ4v) is 10.7. The molecule has 1 aliphatic carbocycles. The molecule has 318 valence electrons. The van der Waals surface area contributed by atoms with Gasteiger partial charge in [-0.3, -0.25) is 0 Å². The molecule has 0 atom stereocenters. The summed E-state index contributed by atoms with van der Waals surface area (Å²) in [5, 5.41) is 2.20. The first kappa shape index (κ1) is 39.4. The molecule has 3 nitrogen and oxygen atoms in total. The predicted octanol–water partition coefficient (Wildman–Crippen LogP) is 16.7. The Morgan fingerprint density at radius 1 is 0.294 bits per heavy atom. The highest BCUT2D eigenvalue weighted by atomic mass is 16.3. The molecule has 0 saturated heterocycles. The van der Waals surface area contributed by atoms with Crippen LogP contribution in [0.2, 0.25) is 0 Å². The summed E-state index contributed by atoms with van der Waals surface area (Å²) in [7, 11) is 0. The van der Waals surface area contributed by atoms with Gasteiger partial charge in [0.05, 0.1) is 16.8 Å². The van der Waals surface area contributed by atoms with Gasteiger partial charge in [-0.15, -0.1) is 0 Å². The van der Waals surface area contributed by atoms with Gasteiger partial charge in [-0.1, -0.05) is 206 Å². The average molecular weight is 867 g/mol. The Kier molecular flexibility index (Phi) is 9.40. The van der Waals surface area contributed by atoms with Crippen LogP contribution in [-0.2, 0) is 5.41 Å². The van der Waals surface area contributed by atoms with E-state index in [4.69, 9.17) is 14.4 Å². The summed E-state index contributed by atoms with van der Waals surface area (Å²) < 4.78 is 6.26. The fourth-order valence-electron chi connectivity index (χ4n) is 10.7. The molecule has 0 N–H and O–H groups in total. The van der Waals surface area contributed by atoms with Gasteiger partial charge in [0.1, 0.15) is 11.2 Å². The lowest BCUT2D eigenvalue weighted by atomic mass is 9.67. The second-order valence-corrected chi connectivity index (χ2v) is 17.6. The second kappa shape index (κ2) is 16.2. The van der Waals surface area contributed by atoms with E-state index in [1.54, 1.807) is 0 Å². The summed E-state index contributed by atoms with van der Waals surface area (Å²) in [5.41, 5.74) is 20.1. The maximum Gasteiger partial charge on any atom is 0.160 e. The predicted molar refractivity (Wildman–Crippen MR) is 279 cm³/mol. The molecule has 0 radical (unpaired) electrons. The smallest absolute Gasteiger partial charge is 0.160 e. The highest BCUT2D eigenvalue weighted by Crippen LogP contribution is 2.59. The van der Waals surface area contributed by atoms with Crippen molar-refractivity contribution in [3.05, 3.63) is 277 Å². The molecular weight excluding hydrogens is 825 g/mol. The lowest BCUT2D eigenvalue weighted by molar-refractivity contribution is 0.669. The fraction of sp³-hybridized carbons (Fsp3) is 0.0154. The van der Waals surface area contributed by atoms with Gasteiger partial charge in [-0.25, -0.2) is 9.97 Å². The summed E-state index contributed by atoms with van der Waals surface area (Å²) in [6.07, 6.45) is 0. The summed E-state index contributed by atoms with van der Waals surface area (Å²) in [6, 6.07) is 91.4. The molecule has 0 bridgehead atoms. The van der Waals surface area contributed by atoms with Crippen molar-refractivity contribution in [1.29, 1.82) is 0 Å². The van der Waals surface area contributed by atoms with Crippen LogP contribution >= 0.6 is 0 Å². The molecule has 0 unspecified atom stereocenters. The second-order valence-electron chi connectivity index (χ2n) is 17.6. The number of hydrogen-bond acceptors (Lipinski definition) is 3. The topological polar surface area (TPSA) is 38.9 Å². The molecule has 2 heterocycles. The Morgan fingerprint density at radius 2 is 0.838 bits per heavy atom. The highest BCUT2D eigenvalue weighted by Gasteiger charge is 2.47. The maximum atomic E-state index is 6.26. The highest BCUT2D eigenvalue weighted by molar-refractivity contribution is 6.06. The van der Waals surface area contributed by atoms with E-state index in [9.17, 15) is 0 Å². The summed E-state index contributed by atoms with van der Waals surface area (Å²) in [4.78, 5) is 10.8. The monoisotopic (exact) mass is 866 g/mol. The maximum absolute atomic E-state index is 6.26. The first-order chi connectivity index (χ1) is 33.7. The Bertz CT molecular complexity index is 3790. The molecular formula is C65H42N2O. The van der Waals surface area contributed by atoms with Gasteiger partial charge in [0.2, 0.25) is 0 Å². The quantitative estimate of drug-likeness (QED) is 0.153.